The van der Waals surface area contributed by atoms with E-state index < -0.39 is 0 Å². The molecule has 0 bridgehead atoms. The maximum absolute atomic E-state index is 12.2. The van der Waals surface area contributed by atoms with Crippen LogP contribution in [0.5, 0.6) is 0 Å². The number of thioether (sulfide) groups is 1. The molecule has 0 aromatic rings. The van der Waals surface area contributed by atoms with Crippen LogP contribution < -0.4 is 0 Å². The molecule has 1 rings (SSSR count). The van der Waals surface area contributed by atoms with E-state index in [1.807, 2.05) is 6.26 Å². The summed E-state index contributed by atoms with van der Waals surface area (Å²) >= 11 is 1.61. The average Bonchev–Trinajstić information content (AvgIpc) is 2.38. The maximum Gasteiger partial charge on any atom is 0 e. The van der Waals surface area contributed by atoms with E-state index in [0.717, 1.165) is 5.25 Å². The summed E-state index contributed by atoms with van der Waals surface area (Å²) in [4.78, 5) is 0. The van der Waals surface area contributed by atoms with E-state index in [0.29, 0.717) is 0 Å². The van der Waals surface area contributed by atoms with Gasteiger partial charge in [0.1, 0.15) is 0 Å². The molecular weight excluding hydrogens is 271 g/mol. The fourth-order valence-electron chi connectivity index (χ4n) is 0.571. The molecule has 0 atom stereocenters. The number of halogens is 1. The van der Waals surface area contributed by atoms with Crippen LogP contribution in [0.1, 0.15) is 0 Å². The standard InChI is InChI=1S/C7H7FS.3CO.Cr/c1-9-7-4-2-6(8)3-5-7;3*1-2;/h2-5H,1H3;;;;. The molecule has 1 saturated carbocycles. The van der Waals surface area contributed by atoms with Crippen molar-refractivity contribution in [1.29, 1.82) is 0 Å². The molecule has 0 N–H and O–H groups in total. The summed E-state index contributed by atoms with van der Waals surface area (Å²) in [5.41, 5.74) is 0. The molecule has 3 nitrogen and oxygen atoms in total. The molecular formula is C10H7CrFO3S. The van der Waals surface area contributed by atoms with Crippen molar-refractivity contribution in [3.05, 3.63) is 57.1 Å². The summed E-state index contributed by atoms with van der Waals surface area (Å²) in [6, 6.07) is 0. The van der Waals surface area contributed by atoms with Crippen LogP contribution >= 0.6 is 11.8 Å². The molecule has 0 spiro atoms. The largest absolute Gasteiger partial charge is 0 e. The zero-order valence-corrected chi connectivity index (χ0v) is 10.3. The van der Waals surface area contributed by atoms with Gasteiger partial charge in [-0.05, 0) is 19.1 Å². The van der Waals surface area contributed by atoms with Gasteiger partial charge in [-0.2, -0.15) is 11.8 Å². The summed E-state index contributed by atoms with van der Waals surface area (Å²) in [6.07, 6.45) is 8.25. The second-order valence-corrected chi connectivity index (χ2v) is 2.54. The van der Waals surface area contributed by atoms with Crippen LogP contribution in [0.15, 0.2) is 0 Å². The molecule has 0 aromatic carbocycles. The summed E-state index contributed by atoms with van der Waals surface area (Å²) in [7, 11) is 0. The zero-order valence-electron chi connectivity index (χ0n) is 8.23. The van der Waals surface area contributed by atoms with Crippen LogP contribution in [-0.4, -0.2) is 6.26 Å². The van der Waals surface area contributed by atoms with Gasteiger partial charge in [0.25, 0.3) is 0 Å². The second-order valence-electron chi connectivity index (χ2n) is 1.66. The van der Waals surface area contributed by atoms with Crippen molar-refractivity contribution in [3.63, 3.8) is 0 Å². The quantitative estimate of drug-likeness (QED) is 0.535. The molecule has 0 unspecified atom stereocenters. The Hall–Kier alpha value is 0.0325. The molecule has 0 aliphatic heterocycles. The first-order valence-electron chi connectivity index (χ1n) is 3.24. The third-order valence-electron chi connectivity index (χ3n) is 1.05. The Bertz CT molecular complexity index is 162. The predicted molar refractivity (Wildman–Crippen MR) is 50.1 cm³/mol. The summed E-state index contributed by atoms with van der Waals surface area (Å²) < 4.78 is 34.7. The van der Waals surface area contributed by atoms with E-state index in [2.05, 4.69) is 20.0 Å². The molecule has 1 aliphatic rings. The Morgan fingerprint density at radius 3 is 1.50 bits per heavy atom. The first-order chi connectivity index (χ1) is 7.33. The Balaban J connectivity index is -0.0000000900. The van der Waals surface area contributed by atoms with Crippen LogP contribution in [-0.2, 0) is 31.3 Å². The fourth-order valence-corrected chi connectivity index (χ4v) is 0.979. The van der Waals surface area contributed by atoms with Gasteiger partial charge >= 0.3 is 33.9 Å². The third-order valence-corrected chi connectivity index (χ3v) is 1.79. The second kappa shape index (κ2) is 24.3. The average molecular weight is 278 g/mol. The molecule has 6 heteroatoms. The van der Waals surface area contributed by atoms with Gasteiger partial charge < -0.3 is 0 Å². The molecule has 84 valence electrons. The SMILES string of the molecule is CS[C]1[CH][CH][C](F)[CH][CH]1.[C-]#[O+].[C-]#[O+].[C-]#[O+].[Cr]. The minimum atomic E-state index is -0.173. The minimum absolute atomic E-state index is 0. The van der Waals surface area contributed by atoms with Crippen LogP contribution in [0.3, 0.4) is 0 Å². The van der Waals surface area contributed by atoms with Gasteiger partial charge in [0, 0.05) is 35.5 Å². The van der Waals surface area contributed by atoms with Gasteiger partial charge in [0.15, 0.2) is 6.17 Å². The monoisotopic (exact) mass is 278 g/mol. The van der Waals surface area contributed by atoms with Gasteiger partial charge in [0.05, 0.1) is 0 Å². The molecule has 6 radical (unpaired) electrons. The topological polar surface area (TPSA) is 59.7 Å². The number of hydrogen-bond acceptors (Lipinski definition) is 1. The van der Waals surface area contributed by atoms with Crippen molar-refractivity contribution in [2.24, 2.45) is 0 Å². The minimum Gasteiger partial charge on any atom is 0 e. The Morgan fingerprint density at radius 2 is 1.25 bits per heavy atom. The van der Waals surface area contributed by atoms with Crippen molar-refractivity contribution < 1.29 is 35.7 Å². The Morgan fingerprint density at radius 1 is 0.938 bits per heavy atom. The smallest absolute Gasteiger partial charge is 0 e. The maximum atomic E-state index is 12.2. The van der Waals surface area contributed by atoms with Crippen LogP contribution in [0, 0.1) is 57.1 Å². The summed E-state index contributed by atoms with van der Waals surface area (Å²) in [5, 5.41) is 1.09. The molecule has 16 heavy (non-hydrogen) atoms. The first-order valence-corrected chi connectivity index (χ1v) is 4.46. The van der Waals surface area contributed by atoms with E-state index in [4.69, 9.17) is 14.0 Å². The first kappa shape index (κ1) is 25.0. The van der Waals surface area contributed by atoms with Gasteiger partial charge in [0.2, 0.25) is 0 Å². The normalized spacial score (nSPS) is 14.2. The van der Waals surface area contributed by atoms with E-state index >= 15 is 0 Å². The molecule has 0 aromatic heterocycles. The summed E-state index contributed by atoms with van der Waals surface area (Å²) in [5.74, 6) is 0. The Labute approximate surface area is 111 Å². The Kier molecular flexibility index (Phi) is 38.0. The van der Waals surface area contributed by atoms with E-state index in [1.54, 1.807) is 24.6 Å². The van der Waals surface area contributed by atoms with Crippen LogP contribution in [0.4, 0.5) is 4.39 Å². The molecule has 1 aliphatic carbocycles. The van der Waals surface area contributed by atoms with Gasteiger partial charge in [-0.1, -0.05) is 0 Å². The van der Waals surface area contributed by atoms with E-state index in [1.165, 1.54) is 12.8 Å². The van der Waals surface area contributed by atoms with Crippen molar-refractivity contribution in [3.8, 4) is 0 Å². The van der Waals surface area contributed by atoms with Crippen molar-refractivity contribution in [1.82, 2.24) is 0 Å². The number of hydrogen-bond donors (Lipinski definition) is 0. The number of rotatable bonds is 1. The van der Waals surface area contributed by atoms with Gasteiger partial charge in [-0.25, -0.2) is 4.39 Å². The summed E-state index contributed by atoms with van der Waals surface area (Å²) in [6.45, 7) is 13.5. The zero-order chi connectivity index (χ0) is 12.7. The third kappa shape index (κ3) is 16.5. The van der Waals surface area contributed by atoms with E-state index in [-0.39, 0.29) is 23.5 Å². The molecule has 0 heterocycles. The molecule has 0 amide bonds. The molecule has 0 saturated heterocycles. The van der Waals surface area contributed by atoms with Gasteiger partial charge in [-0.3, -0.25) is 0 Å². The van der Waals surface area contributed by atoms with Crippen molar-refractivity contribution in [2.45, 2.75) is 0 Å². The van der Waals surface area contributed by atoms with Crippen LogP contribution in [0.2, 0.25) is 0 Å². The van der Waals surface area contributed by atoms with Crippen LogP contribution in [0.25, 0.3) is 0 Å². The molecule has 1 fully saturated rings. The van der Waals surface area contributed by atoms with Gasteiger partial charge in [-0.15, -0.1) is 0 Å². The van der Waals surface area contributed by atoms with Crippen molar-refractivity contribution >= 4 is 11.8 Å². The van der Waals surface area contributed by atoms with E-state index in [9.17, 15) is 4.39 Å². The predicted octanol–water partition coefficient (Wildman–Crippen LogP) is 2.10. The fraction of sp³-hybridized carbons (Fsp3) is 0.100. The van der Waals surface area contributed by atoms with Crippen molar-refractivity contribution in [2.75, 3.05) is 6.26 Å².